The largest absolute Gasteiger partial charge is 0.354 e. The summed E-state index contributed by atoms with van der Waals surface area (Å²) in [5, 5.41) is 2.74. The molecule has 5 heteroatoms. The van der Waals surface area contributed by atoms with Crippen LogP contribution in [-0.2, 0) is 4.79 Å². The van der Waals surface area contributed by atoms with Crippen molar-refractivity contribution in [1.29, 1.82) is 0 Å². The van der Waals surface area contributed by atoms with Gasteiger partial charge in [-0.15, -0.1) is 0 Å². The van der Waals surface area contributed by atoms with Gasteiger partial charge in [0.05, 0.1) is 0 Å². The van der Waals surface area contributed by atoms with Gasteiger partial charge in [-0.05, 0) is 12.1 Å². The van der Waals surface area contributed by atoms with Gasteiger partial charge in [0.1, 0.15) is 0 Å². The van der Waals surface area contributed by atoms with Crippen LogP contribution in [0.1, 0.15) is 16.8 Å². The highest BCUT2D eigenvalue weighted by Crippen LogP contribution is 2.05. The molecule has 1 saturated heterocycles. The smallest absolute Gasteiger partial charge is 0.254 e. The van der Waals surface area contributed by atoms with Crippen molar-refractivity contribution in [2.45, 2.75) is 6.42 Å². The molecule has 1 aliphatic heterocycles. The van der Waals surface area contributed by atoms with Crippen molar-refractivity contribution in [3.8, 4) is 0 Å². The first-order chi connectivity index (χ1) is 7.77. The number of nitrogens with one attached hydrogen (secondary N) is 1. The maximum Gasteiger partial charge on any atom is 0.254 e. The van der Waals surface area contributed by atoms with Gasteiger partial charge in [-0.25, -0.2) is 0 Å². The molecule has 1 aliphatic rings. The summed E-state index contributed by atoms with van der Waals surface area (Å²) in [7, 11) is 0. The Labute approximate surface area is 93.5 Å². The van der Waals surface area contributed by atoms with Gasteiger partial charge >= 0.3 is 0 Å². The maximum atomic E-state index is 12.0. The number of carbonyl (C=O) groups excluding carboxylic acids is 2. The number of amides is 2. The molecule has 0 saturated carbocycles. The van der Waals surface area contributed by atoms with Crippen molar-refractivity contribution >= 4 is 11.8 Å². The van der Waals surface area contributed by atoms with Crippen LogP contribution >= 0.6 is 0 Å². The van der Waals surface area contributed by atoms with Crippen LogP contribution in [0, 0.1) is 0 Å². The van der Waals surface area contributed by atoms with E-state index in [0.717, 1.165) is 0 Å². The average molecular weight is 219 g/mol. The van der Waals surface area contributed by atoms with Crippen molar-refractivity contribution in [2.75, 3.05) is 19.6 Å². The van der Waals surface area contributed by atoms with Crippen LogP contribution in [0.3, 0.4) is 0 Å². The van der Waals surface area contributed by atoms with E-state index in [1.54, 1.807) is 29.4 Å². The molecule has 1 aromatic rings. The van der Waals surface area contributed by atoms with E-state index >= 15 is 0 Å². The molecule has 0 spiro atoms. The molecule has 2 rings (SSSR count). The summed E-state index contributed by atoms with van der Waals surface area (Å²) < 4.78 is 0. The molecule has 2 amide bonds. The molecule has 84 valence electrons. The minimum atomic E-state index is -0.0427. The van der Waals surface area contributed by atoms with Gasteiger partial charge in [-0.1, -0.05) is 0 Å². The first kappa shape index (κ1) is 10.6. The van der Waals surface area contributed by atoms with Crippen LogP contribution in [0.5, 0.6) is 0 Å². The molecule has 0 unspecified atom stereocenters. The average Bonchev–Trinajstić information content (AvgIpc) is 2.54. The van der Waals surface area contributed by atoms with Gasteiger partial charge in [0.25, 0.3) is 5.91 Å². The lowest BCUT2D eigenvalue weighted by Gasteiger charge is -2.19. The van der Waals surface area contributed by atoms with E-state index in [1.807, 2.05) is 0 Å². The lowest BCUT2D eigenvalue weighted by Crippen LogP contribution is -2.34. The van der Waals surface area contributed by atoms with Crippen molar-refractivity contribution in [2.24, 2.45) is 0 Å². The van der Waals surface area contributed by atoms with Gasteiger partial charge < -0.3 is 10.2 Å². The maximum absolute atomic E-state index is 12.0. The van der Waals surface area contributed by atoms with Crippen molar-refractivity contribution in [1.82, 2.24) is 15.2 Å². The van der Waals surface area contributed by atoms with Crippen LogP contribution in [0.4, 0.5) is 0 Å². The minimum Gasteiger partial charge on any atom is -0.354 e. The normalized spacial score (nSPS) is 16.5. The van der Waals surface area contributed by atoms with Crippen LogP contribution in [0.25, 0.3) is 0 Å². The third kappa shape index (κ3) is 2.36. The Morgan fingerprint density at radius 2 is 2.06 bits per heavy atom. The molecule has 0 atom stereocenters. The predicted octanol–water partition coefficient (Wildman–Crippen LogP) is 0.0437. The van der Waals surface area contributed by atoms with Crippen LogP contribution in [0.15, 0.2) is 24.5 Å². The Morgan fingerprint density at radius 1 is 1.31 bits per heavy atom. The molecule has 1 aromatic heterocycles. The molecule has 2 heterocycles. The first-order valence-corrected chi connectivity index (χ1v) is 5.23. The second-order valence-corrected chi connectivity index (χ2v) is 3.63. The summed E-state index contributed by atoms with van der Waals surface area (Å²) in [6.07, 6.45) is 3.56. The van der Waals surface area contributed by atoms with E-state index in [4.69, 9.17) is 0 Å². The van der Waals surface area contributed by atoms with Gasteiger partial charge in [-0.2, -0.15) is 0 Å². The number of rotatable bonds is 1. The van der Waals surface area contributed by atoms with E-state index in [0.29, 0.717) is 31.6 Å². The number of pyridine rings is 1. The van der Waals surface area contributed by atoms with Crippen molar-refractivity contribution in [3.63, 3.8) is 0 Å². The number of carbonyl (C=O) groups is 2. The lowest BCUT2D eigenvalue weighted by molar-refractivity contribution is -0.120. The molecule has 1 N–H and O–H groups in total. The van der Waals surface area contributed by atoms with Gasteiger partial charge in [0.15, 0.2) is 0 Å². The van der Waals surface area contributed by atoms with E-state index in [2.05, 4.69) is 10.3 Å². The third-order valence-electron chi connectivity index (χ3n) is 2.53. The van der Waals surface area contributed by atoms with E-state index in [9.17, 15) is 9.59 Å². The van der Waals surface area contributed by atoms with Crippen LogP contribution < -0.4 is 5.32 Å². The Balaban J connectivity index is 2.07. The Morgan fingerprint density at radius 3 is 2.81 bits per heavy atom. The second kappa shape index (κ2) is 4.74. The third-order valence-corrected chi connectivity index (χ3v) is 2.53. The summed E-state index contributed by atoms with van der Waals surface area (Å²) in [4.78, 5) is 28.7. The molecule has 0 aliphatic carbocycles. The molecule has 1 fully saturated rings. The minimum absolute atomic E-state index is 0.00466. The summed E-state index contributed by atoms with van der Waals surface area (Å²) in [5.41, 5.74) is 0.615. The SMILES string of the molecule is O=C1CCN(C(=O)c2ccncc2)CCN1. The Bertz CT molecular complexity index is 391. The van der Waals surface area contributed by atoms with E-state index in [1.165, 1.54) is 0 Å². The van der Waals surface area contributed by atoms with E-state index in [-0.39, 0.29) is 11.8 Å². The fraction of sp³-hybridized carbons (Fsp3) is 0.364. The highest BCUT2D eigenvalue weighted by atomic mass is 16.2. The van der Waals surface area contributed by atoms with Gasteiger partial charge in [0.2, 0.25) is 5.91 Å². The topological polar surface area (TPSA) is 62.3 Å². The second-order valence-electron chi connectivity index (χ2n) is 3.63. The molecule has 0 radical (unpaired) electrons. The zero-order chi connectivity index (χ0) is 11.4. The van der Waals surface area contributed by atoms with E-state index < -0.39 is 0 Å². The summed E-state index contributed by atoms with van der Waals surface area (Å²) in [5.74, 6) is -0.0380. The molecular weight excluding hydrogens is 206 g/mol. The zero-order valence-electron chi connectivity index (χ0n) is 8.85. The number of hydrogen-bond acceptors (Lipinski definition) is 3. The Kier molecular flexibility index (Phi) is 3.14. The van der Waals surface area contributed by atoms with Gasteiger partial charge in [-0.3, -0.25) is 14.6 Å². The lowest BCUT2D eigenvalue weighted by atomic mass is 10.2. The molecule has 0 aromatic carbocycles. The summed E-state index contributed by atoms with van der Waals surface area (Å²) in [6, 6.07) is 3.37. The molecular formula is C11H13N3O2. The first-order valence-electron chi connectivity index (χ1n) is 5.23. The van der Waals surface area contributed by atoms with Gasteiger partial charge in [0, 0.05) is 44.0 Å². The van der Waals surface area contributed by atoms with Crippen molar-refractivity contribution in [3.05, 3.63) is 30.1 Å². The van der Waals surface area contributed by atoms with Crippen molar-refractivity contribution < 1.29 is 9.59 Å². The predicted molar refractivity (Wildman–Crippen MR) is 57.8 cm³/mol. The molecule has 16 heavy (non-hydrogen) atoms. The number of hydrogen-bond donors (Lipinski definition) is 1. The standard InChI is InChI=1S/C11H13N3O2/c15-10-3-7-14(8-6-13-10)11(16)9-1-4-12-5-2-9/h1-2,4-5H,3,6-8H2,(H,13,15). The monoisotopic (exact) mass is 219 g/mol. The molecule has 0 bridgehead atoms. The highest BCUT2D eigenvalue weighted by molar-refractivity contribution is 5.94. The number of nitrogens with zero attached hydrogens (tertiary/aromatic N) is 2. The van der Waals surface area contributed by atoms with Crippen LogP contribution in [-0.4, -0.2) is 41.3 Å². The summed E-state index contributed by atoms with van der Waals surface area (Å²) in [6.45, 7) is 1.57. The summed E-state index contributed by atoms with van der Waals surface area (Å²) >= 11 is 0. The fourth-order valence-electron chi connectivity index (χ4n) is 1.65. The molecule has 5 nitrogen and oxygen atoms in total. The Hall–Kier alpha value is -1.91. The van der Waals surface area contributed by atoms with Crippen LogP contribution in [0.2, 0.25) is 0 Å². The quantitative estimate of drug-likeness (QED) is 0.725. The number of aromatic nitrogens is 1. The highest BCUT2D eigenvalue weighted by Gasteiger charge is 2.19. The zero-order valence-corrected chi connectivity index (χ0v) is 8.85. The fourth-order valence-corrected chi connectivity index (χ4v) is 1.65.